The minimum Gasteiger partial charge on any atom is -0.493 e. The summed E-state index contributed by atoms with van der Waals surface area (Å²) in [5.41, 5.74) is 2.35. The third-order valence-corrected chi connectivity index (χ3v) is 7.06. The molecule has 3 aromatic rings. The largest absolute Gasteiger partial charge is 0.493 e. The number of nitrogens with zero attached hydrogens (tertiary/aromatic N) is 2. The van der Waals surface area contributed by atoms with E-state index >= 15 is 0 Å². The van der Waals surface area contributed by atoms with E-state index in [0.29, 0.717) is 36.8 Å². The van der Waals surface area contributed by atoms with Gasteiger partial charge in [0.15, 0.2) is 11.5 Å². The summed E-state index contributed by atoms with van der Waals surface area (Å²) in [6.45, 7) is 5.64. The maximum Gasteiger partial charge on any atom is 0.253 e. The molecule has 1 saturated heterocycles. The molecule has 37 heavy (non-hydrogen) atoms. The lowest BCUT2D eigenvalue weighted by Crippen LogP contribution is -2.52. The van der Waals surface area contributed by atoms with Crippen LogP contribution < -0.4 is 14.2 Å². The number of para-hydroxylation sites is 1. The van der Waals surface area contributed by atoms with E-state index in [0.717, 1.165) is 36.1 Å². The van der Waals surface area contributed by atoms with Crippen LogP contribution in [0.1, 0.15) is 60.7 Å². The van der Waals surface area contributed by atoms with Crippen LogP contribution in [0.4, 0.5) is 0 Å². The second kappa shape index (κ2) is 10.8. The molecule has 1 spiro atoms. The lowest BCUT2D eigenvalue weighted by Gasteiger charge is -2.46. The van der Waals surface area contributed by atoms with E-state index in [1.807, 2.05) is 67.4 Å². The molecule has 5 rings (SSSR count). The van der Waals surface area contributed by atoms with E-state index < -0.39 is 0 Å². The summed E-state index contributed by atoms with van der Waals surface area (Å²) in [4.78, 5) is 19.5. The number of likely N-dealkylation sites (tertiary alicyclic amines) is 1. The molecule has 1 atom stereocenters. The van der Waals surface area contributed by atoms with Gasteiger partial charge in [-0.05, 0) is 49.7 Å². The Morgan fingerprint density at radius 1 is 1.11 bits per heavy atom. The Bertz CT molecular complexity index is 1220. The summed E-state index contributed by atoms with van der Waals surface area (Å²) in [7, 11) is 1.59. The van der Waals surface area contributed by atoms with Crippen molar-refractivity contribution < 1.29 is 23.7 Å². The fraction of sp³-hybridized carbons (Fsp3) is 0.400. The molecule has 7 heteroatoms. The molecule has 2 aromatic carbocycles. The number of pyridine rings is 1. The van der Waals surface area contributed by atoms with Gasteiger partial charge in [-0.25, -0.2) is 0 Å². The molecule has 0 saturated carbocycles. The summed E-state index contributed by atoms with van der Waals surface area (Å²) in [6, 6.07) is 17.4. The predicted octanol–water partition coefficient (Wildman–Crippen LogP) is 5.59. The highest BCUT2D eigenvalue weighted by Gasteiger charge is 2.44. The Morgan fingerprint density at radius 2 is 1.92 bits per heavy atom. The zero-order valence-electron chi connectivity index (χ0n) is 21.7. The number of hydrogen-bond donors (Lipinski definition) is 0. The van der Waals surface area contributed by atoms with Gasteiger partial charge in [-0.3, -0.25) is 9.78 Å². The first kappa shape index (κ1) is 25.1. The van der Waals surface area contributed by atoms with Crippen molar-refractivity contribution in [3.63, 3.8) is 0 Å². The molecule has 194 valence electrons. The van der Waals surface area contributed by atoms with Crippen LogP contribution in [0.2, 0.25) is 0 Å². The number of fused-ring (bicyclic) bond motifs is 1. The highest BCUT2D eigenvalue weighted by Crippen LogP contribution is 2.46. The van der Waals surface area contributed by atoms with Crippen molar-refractivity contribution in [3.8, 4) is 17.2 Å². The summed E-state index contributed by atoms with van der Waals surface area (Å²) < 4.78 is 24.3. The Labute approximate surface area is 218 Å². The van der Waals surface area contributed by atoms with Gasteiger partial charge >= 0.3 is 0 Å². The molecular formula is C30H34N2O5. The topological polar surface area (TPSA) is 70.1 Å². The number of amides is 1. The normalized spacial score (nSPS) is 18.3. The summed E-state index contributed by atoms with van der Waals surface area (Å²) in [5, 5.41) is 0. The number of carbonyl (C=O) groups is 1. The van der Waals surface area contributed by atoms with Crippen LogP contribution >= 0.6 is 0 Å². The van der Waals surface area contributed by atoms with Gasteiger partial charge in [0.25, 0.3) is 5.91 Å². The molecule has 0 bridgehead atoms. The van der Waals surface area contributed by atoms with Gasteiger partial charge in [-0.15, -0.1) is 0 Å². The molecule has 7 nitrogen and oxygen atoms in total. The average molecular weight is 503 g/mol. The van der Waals surface area contributed by atoms with Crippen molar-refractivity contribution in [3.05, 3.63) is 83.7 Å². The van der Waals surface area contributed by atoms with Crippen molar-refractivity contribution in [2.45, 2.75) is 57.5 Å². The minimum absolute atomic E-state index is 0.00941. The first-order chi connectivity index (χ1) is 18.0. The van der Waals surface area contributed by atoms with Crippen LogP contribution in [0, 0.1) is 0 Å². The summed E-state index contributed by atoms with van der Waals surface area (Å²) in [6.07, 6.45) is 5.78. The number of aromatic nitrogens is 1. The second-order valence-electron chi connectivity index (χ2n) is 10.0. The van der Waals surface area contributed by atoms with E-state index in [1.165, 1.54) is 0 Å². The maximum absolute atomic E-state index is 13.4. The number of ether oxygens (including phenoxy) is 4. The molecule has 1 amide bonds. The number of methoxy groups -OCH3 is 1. The van der Waals surface area contributed by atoms with Crippen LogP contribution in [-0.2, 0) is 11.3 Å². The number of rotatable bonds is 7. The van der Waals surface area contributed by atoms with Crippen molar-refractivity contribution in [2.75, 3.05) is 20.2 Å². The molecule has 1 aromatic heterocycles. The number of benzene rings is 2. The van der Waals surface area contributed by atoms with Gasteiger partial charge in [0.05, 0.1) is 25.9 Å². The van der Waals surface area contributed by atoms with Gasteiger partial charge in [0.1, 0.15) is 11.4 Å². The third kappa shape index (κ3) is 5.57. The first-order valence-electron chi connectivity index (χ1n) is 12.9. The highest BCUT2D eigenvalue weighted by atomic mass is 16.5. The molecule has 2 aliphatic heterocycles. The predicted molar refractivity (Wildman–Crippen MR) is 140 cm³/mol. The molecule has 0 aliphatic carbocycles. The number of carbonyl (C=O) groups excluding carboxylic acids is 1. The van der Waals surface area contributed by atoms with Crippen LogP contribution in [-0.4, -0.2) is 47.7 Å². The smallest absolute Gasteiger partial charge is 0.253 e. The first-order valence-corrected chi connectivity index (χ1v) is 12.9. The zero-order chi connectivity index (χ0) is 25.8. The molecule has 1 fully saturated rings. The van der Waals surface area contributed by atoms with Crippen molar-refractivity contribution in [2.24, 2.45) is 0 Å². The monoisotopic (exact) mass is 502 g/mol. The quantitative estimate of drug-likeness (QED) is 0.419. The maximum atomic E-state index is 13.4. The lowest BCUT2D eigenvalue weighted by molar-refractivity contribution is -0.0768. The highest BCUT2D eigenvalue weighted by molar-refractivity contribution is 5.95. The van der Waals surface area contributed by atoms with Crippen LogP contribution in [0.25, 0.3) is 0 Å². The van der Waals surface area contributed by atoms with Gasteiger partial charge < -0.3 is 23.8 Å². The standard InChI is InChI=1S/C30H34N2O5/c1-21(2)36-26-11-10-23(17-27(26)34-3)29(33)32-15-12-30(13-16-32)18-28(24-8-4-5-9-25(24)37-30)35-20-22-7-6-14-31-19-22/h4-11,14,17,19,21,28H,12-13,15-16,18,20H2,1-3H3. The molecule has 3 heterocycles. The van der Waals surface area contributed by atoms with Crippen molar-refractivity contribution in [1.82, 2.24) is 9.88 Å². The molecule has 0 N–H and O–H groups in total. The van der Waals surface area contributed by atoms with Gasteiger partial charge in [-0.2, -0.15) is 0 Å². The van der Waals surface area contributed by atoms with Gasteiger partial charge in [0, 0.05) is 55.9 Å². The Balaban J connectivity index is 1.27. The summed E-state index contributed by atoms with van der Waals surface area (Å²) >= 11 is 0. The number of hydrogen-bond acceptors (Lipinski definition) is 6. The number of piperidine rings is 1. The van der Waals surface area contributed by atoms with E-state index in [9.17, 15) is 4.79 Å². The minimum atomic E-state index is -0.364. The fourth-order valence-corrected chi connectivity index (χ4v) is 5.15. The second-order valence-corrected chi connectivity index (χ2v) is 10.0. The van der Waals surface area contributed by atoms with Crippen molar-refractivity contribution in [1.29, 1.82) is 0 Å². The molecule has 2 aliphatic rings. The SMILES string of the molecule is COc1cc(C(=O)N2CCC3(CC2)CC(OCc2cccnc2)c2ccccc2O3)ccc1OC(C)C. The van der Waals surface area contributed by atoms with Crippen LogP contribution in [0.3, 0.4) is 0 Å². The van der Waals surface area contributed by atoms with Crippen LogP contribution in [0.15, 0.2) is 67.0 Å². The van der Waals surface area contributed by atoms with E-state index in [2.05, 4.69) is 11.1 Å². The Hall–Kier alpha value is -3.58. The molecule has 0 radical (unpaired) electrons. The Kier molecular flexibility index (Phi) is 7.33. The fourth-order valence-electron chi connectivity index (χ4n) is 5.15. The van der Waals surface area contributed by atoms with Crippen LogP contribution in [0.5, 0.6) is 17.2 Å². The Morgan fingerprint density at radius 3 is 2.65 bits per heavy atom. The molecule has 1 unspecified atom stereocenters. The summed E-state index contributed by atoms with van der Waals surface area (Å²) in [5.74, 6) is 2.06. The van der Waals surface area contributed by atoms with E-state index in [-0.39, 0.29) is 23.7 Å². The third-order valence-electron chi connectivity index (χ3n) is 7.06. The average Bonchev–Trinajstić information content (AvgIpc) is 2.92. The molecular weight excluding hydrogens is 468 g/mol. The van der Waals surface area contributed by atoms with Gasteiger partial charge in [-0.1, -0.05) is 24.3 Å². The van der Waals surface area contributed by atoms with Gasteiger partial charge in [0.2, 0.25) is 0 Å². The van der Waals surface area contributed by atoms with E-state index in [1.54, 1.807) is 19.4 Å². The van der Waals surface area contributed by atoms with Crippen molar-refractivity contribution >= 4 is 5.91 Å². The van der Waals surface area contributed by atoms with E-state index in [4.69, 9.17) is 18.9 Å². The lowest BCUT2D eigenvalue weighted by atomic mass is 9.81. The zero-order valence-corrected chi connectivity index (χ0v) is 21.7.